The van der Waals surface area contributed by atoms with Crippen molar-refractivity contribution in [2.75, 3.05) is 4.90 Å². The molecule has 2 bridgehead atoms. The van der Waals surface area contributed by atoms with Crippen molar-refractivity contribution in [1.82, 2.24) is 0 Å². The number of rotatable bonds is 3. The van der Waals surface area contributed by atoms with Crippen molar-refractivity contribution in [3.8, 4) is 0 Å². The molecule has 0 spiro atoms. The first-order valence-corrected chi connectivity index (χ1v) is 10.9. The highest BCUT2D eigenvalue weighted by Crippen LogP contribution is 2.59. The van der Waals surface area contributed by atoms with Gasteiger partial charge in [-0.15, -0.1) is 0 Å². The third kappa shape index (κ3) is 2.78. The highest BCUT2D eigenvalue weighted by Gasteiger charge is 2.63. The third-order valence-electron chi connectivity index (χ3n) is 6.99. The van der Waals surface area contributed by atoms with Crippen molar-refractivity contribution in [1.29, 1.82) is 0 Å². The molecule has 162 valence electrons. The van der Waals surface area contributed by atoms with Crippen LogP contribution in [0.25, 0.3) is 5.57 Å². The SMILES string of the molecule is O=C1[C@@H]2[C@H](C(=O)N1c1c(F)cccc1F)[C@H]1C=C[C@H]2C1=C(c1ccccc1)c1ccccc1. The van der Waals surface area contributed by atoms with Crippen LogP contribution in [0.3, 0.4) is 0 Å². The second-order valence-electron chi connectivity index (χ2n) is 8.63. The van der Waals surface area contributed by atoms with Crippen LogP contribution in [0.2, 0.25) is 0 Å². The summed E-state index contributed by atoms with van der Waals surface area (Å²) in [6.07, 6.45) is 3.94. The normalized spacial score (nSPS) is 25.2. The van der Waals surface area contributed by atoms with Crippen molar-refractivity contribution in [2.24, 2.45) is 23.7 Å². The van der Waals surface area contributed by atoms with Crippen molar-refractivity contribution < 1.29 is 18.4 Å². The molecular formula is C28H19F2NO2. The third-order valence-corrected chi connectivity index (χ3v) is 6.99. The summed E-state index contributed by atoms with van der Waals surface area (Å²) in [6, 6.07) is 23.2. The van der Waals surface area contributed by atoms with Gasteiger partial charge in [0.15, 0.2) is 0 Å². The fraction of sp³-hybridized carbons (Fsp3) is 0.143. The molecule has 6 rings (SSSR count). The molecule has 3 aromatic rings. The Bertz CT molecular complexity index is 1250. The Kier molecular flexibility index (Phi) is 4.40. The summed E-state index contributed by atoms with van der Waals surface area (Å²) in [6.45, 7) is 0. The van der Waals surface area contributed by atoms with E-state index in [1.165, 1.54) is 6.07 Å². The van der Waals surface area contributed by atoms with Crippen LogP contribution in [0.4, 0.5) is 14.5 Å². The van der Waals surface area contributed by atoms with Crippen LogP contribution in [-0.4, -0.2) is 11.8 Å². The fourth-order valence-electron chi connectivity index (χ4n) is 5.73. The molecule has 1 aliphatic heterocycles. The lowest BCUT2D eigenvalue weighted by Crippen LogP contribution is -2.34. The monoisotopic (exact) mass is 439 g/mol. The van der Waals surface area contributed by atoms with Gasteiger partial charge in [0.05, 0.1) is 11.8 Å². The van der Waals surface area contributed by atoms with Gasteiger partial charge in [-0.25, -0.2) is 13.7 Å². The highest BCUT2D eigenvalue weighted by molar-refractivity contribution is 6.23. The molecule has 1 heterocycles. The fourth-order valence-corrected chi connectivity index (χ4v) is 5.73. The Morgan fingerprint density at radius 3 is 1.55 bits per heavy atom. The summed E-state index contributed by atoms with van der Waals surface area (Å²) in [5, 5.41) is 0. The molecule has 0 N–H and O–H groups in total. The molecule has 1 saturated carbocycles. The summed E-state index contributed by atoms with van der Waals surface area (Å²) in [5.41, 5.74) is 3.48. The van der Waals surface area contributed by atoms with E-state index in [1.54, 1.807) is 0 Å². The minimum absolute atomic E-state index is 0.299. The van der Waals surface area contributed by atoms with Crippen molar-refractivity contribution >= 4 is 23.1 Å². The molecule has 3 aliphatic rings. The van der Waals surface area contributed by atoms with E-state index in [9.17, 15) is 18.4 Å². The highest BCUT2D eigenvalue weighted by atomic mass is 19.1. The smallest absolute Gasteiger partial charge is 0.238 e. The van der Waals surface area contributed by atoms with Gasteiger partial charge in [-0.05, 0) is 34.4 Å². The Balaban J connectivity index is 1.50. The van der Waals surface area contributed by atoms with Crippen molar-refractivity contribution in [3.05, 3.63) is 119 Å². The van der Waals surface area contributed by atoms with E-state index in [-0.39, 0.29) is 11.8 Å². The zero-order chi connectivity index (χ0) is 22.7. The summed E-state index contributed by atoms with van der Waals surface area (Å²) in [4.78, 5) is 27.6. The molecule has 1 saturated heterocycles. The zero-order valence-corrected chi connectivity index (χ0v) is 17.5. The number of nitrogens with zero attached hydrogens (tertiary/aromatic N) is 1. The van der Waals surface area contributed by atoms with Gasteiger partial charge in [-0.2, -0.15) is 0 Å². The van der Waals surface area contributed by atoms with Gasteiger partial charge in [0.2, 0.25) is 11.8 Å². The number of halogens is 2. The predicted molar refractivity (Wildman–Crippen MR) is 121 cm³/mol. The average molecular weight is 439 g/mol. The first-order chi connectivity index (χ1) is 16.1. The lowest BCUT2D eigenvalue weighted by atomic mass is 9.85. The lowest BCUT2D eigenvalue weighted by Gasteiger charge is -2.22. The van der Waals surface area contributed by atoms with E-state index in [2.05, 4.69) is 0 Å². The lowest BCUT2D eigenvalue weighted by molar-refractivity contribution is -0.123. The number of hydrogen-bond acceptors (Lipinski definition) is 2. The second-order valence-corrected chi connectivity index (χ2v) is 8.63. The summed E-state index contributed by atoms with van der Waals surface area (Å²) < 4.78 is 28.9. The summed E-state index contributed by atoms with van der Waals surface area (Å²) in [7, 11) is 0. The number of benzene rings is 3. The predicted octanol–water partition coefficient (Wildman–Crippen LogP) is 5.39. The number of carbonyl (C=O) groups excluding carboxylic acids is 2. The van der Waals surface area contributed by atoms with Gasteiger partial charge >= 0.3 is 0 Å². The Hall–Kier alpha value is -3.86. The van der Waals surface area contributed by atoms with Gasteiger partial charge in [0.1, 0.15) is 17.3 Å². The average Bonchev–Trinajstić information content (AvgIpc) is 3.46. The number of anilines is 1. The van der Waals surface area contributed by atoms with Gasteiger partial charge in [-0.1, -0.05) is 78.9 Å². The molecule has 33 heavy (non-hydrogen) atoms. The van der Waals surface area contributed by atoms with Crippen molar-refractivity contribution in [2.45, 2.75) is 0 Å². The Morgan fingerprint density at radius 1 is 0.636 bits per heavy atom. The van der Waals surface area contributed by atoms with Crippen LogP contribution in [0, 0.1) is 35.3 Å². The van der Waals surface area contributed by atoms with Crippen LogP contribution < -0.4 is 4.90 Å². The van der Waals surface area contributed by atoms with Gasteiger partial charge in [0.25, 0.3) is 0 Å². The van der Waals surface area contributed by atoms with Gasteiger partial charge < -0.3 is 0 Å². The summed E-state index contributed by atoms with van der Waals surface area (Å²) >= 11 is 0. The van der Waals surface area contributed by atoms with Crippen LogP contribution in [-0.2, 0) is 9.59 Å². The number of allylic oxidation sites excluding steroid dienone is 3. The first-order valence-electron chi connectivity index (χ1n) is 10.9. The zero-order valence-electron chi connectivity index (χ0n) is 17.5. The molecule has 4 atom stereocenters. The molecule has 2 amide bonds. The minimum atomic E-state index is -0.915. The van der Waals surface area contributed by atoms with E-state index in [1.807, 2.05) is 72.8 Å². The van der Waals surface area contributed by atoms with Gasteiger partial charge in [0, 0.05) is 11.8 Å². The first kappa shape index (κ1) is 19.8. The summed E-state index contributed by atoms with van der Waals surface area (Å²) in [5.74, 6) is -4.83. The molecule has 3 aromatic carbocycles. The number of para-hydroxylation sites is 1. The molecule has 3 nitrogen and oxygen atoms in total. The largest absolute Gasteiger partial charge is 0.274 e. The Labute approximate surface area is 189 Å². The van der Waals surface area contributed by atoms with Crippen LogP contribution >= 0.6 is 0 Å². The quantitative estimate of drug-likeness (QED) is 0.406. The van der Waals surface area contributed by atoms with E-state index in [0.717, 1.165) is 39.3 Å². The van der Waals surface area contributed by atoms with E-state index in [0.29, 0.717) is 0 Å². The molecule has 0 aromatic heterocycles. The van der Waals surface area contributed by atoms with Crippen LogP contribution in [0.5, 0.6) is 0 Å². The van der Waals surface area contributed by atoms with Crippen LogP contribution in [0.1, 0.15) is 11.1 Å². The molecular weight excluding hydrogens is 420 g/mol. The molecule has 2 fully saturated rings. The standard InChI is InChI=1S/C28H19F2NO2/c29-20-12-7-13-21(30)26(20)31-27(32)24-18-14-15-19(25(24)28(31)33)23(18)22(16-8-3-1-4-9-16)17-10-5-2-6-11-17/h1-15,18-19,24-25H/t18-,19-,24-,25+/m0/s1. The molecule has 5 heteroatoms. The maximum atomic E-state index is 14.5. The molecule has 0 unspecified atom stereocenters. The van der Waals surface area contributed by atoms with E-state index >= 15 is 0 Å². The second kappa shape index (κ2) is 7.34. The minimum Gasteiger partial charge on any atom is -0.274 e. The maximum absolute atomic E-state index is 14.5. The number of amides is 2. The van der Waals surface area contributed by atoms with Gasteiger partial charge in [-0.3, -0.25) is 9.59 Å². The van der Waals surface area contributed by atoms with Crippen LogP contribution in [0.15, 0.2) is 96.6 Å². The van der Waals surface area contributed by atoms with Crippen molar-refractivity contribution in [3.63, 3.8) is 0 Å². The molecule has 2 aliphatic carbocycles. The number of hydrogen-bond donors (Lipinski definition) is 0. The van der Waals surface area contributed by atoms with E-state index < -0.39 is 41.0 Å². The Morgan fingerprint density at radius 2 is 1.09 bits per heavy atom. The topological polar surface area (TPSA) is 37.4 Å². The maximum Gasteiger partial charge on any atom is 0.238 e. The number of carbonyl (C=O) groups is 2. The number of imide groups is 1. The van der Waals surface area contributed by atoms with E-state index in [4.69, 9.17) is 0 Å². The number of fused-ring (bicyclic) bond motifs is 5. The molecule has 0 radical (unpaired) electrons.